The van der Waals surface area contributed by atoms with Crippen LogP contribution in [0.25, 0.3) is 5.65 Å². The van der Waals surface area contributed by atoms with Crippen LogP contribution in [-0.2, 0) is 6.54 Å². The van der Waals surface area contributed by atoms with Crippen molar-refractivity contribution in [3.63, 3.8) is 0 Å². The Balaban J connectivity index is 1.86. The van der Waals surface area contributed by atoms with Gasteiger partial charge in [0.2, 0.25) is 5.75 Å². The van der Waals surface area contributed by atoms with Gasteiger partial charge in [0.05, 0.1) is 43.6 Å². The lowest BCUT2D eigenvalue weighted by atomic mass is 10.1. The van der Waals surface area contributed by atoms with Gasteiger partial charge in [-0.15, -0.1) is 0 Å². The van der Waals surface area contributed by atoms with Gasteiger partial charge < -0.3 is 23.9 Å². The van der Waals surface area contributed by atoms with E-state index in [-0.39, 0.29) is 5.91 Å². The van der Waals surface area contributed by atoms with E-state index in [1.54, 1.807) is 6.07 Å². The average molecular weight is 434 g/mol. The summed E-state index contributed by atoms with van der Waals surface area (Å²) in [7, 11) is 4.52. The van der Waals surface area contributed by atoms with Crippen LogP contribution in [0.3, 0.4) is 0 Å². The molecule has 142 valence electrons. The lowest BCUT2D eigenvalue weighted by molar-refractivity contribution is 0.0948. The molecule has 0 atom stereocenters. The lowest BCUT2D eigenvalue weighted by Gasteiger charge is -2.16. The number of aryl methyl sites for hydroxylation is 1. The first-order valence-electron chi connectivity index (χ1n) is 8.20. The van der Waals surface area contributed by atoms with Crippen molar-refractivity contribution in [2.24, 2.45) is 0 Å². The van der Waals surface area contributed by atoms with Gasteiger partial charge in [-0.05, 0) is 40.5 Å². The number of aromatic nitrogens is 2. The number of hydrogen-bond donors (Lipinski definition) is 1. The number of nitrogens with one attached hydrogen (secondary N) is 1. The fraction of sp³-hybridized carbons (Fsp3) is 0.263. The van der Waals surface area contributed by atoms with Gasteiger partial charge in [0.25, 0.3) is 5.91 Å². The molecule has 0 saturated heterocycles. The minimum atomic E-state index is -0.282. The molecule has 0 fully saturated rings. The highest BCUT2D eigenvalue weighted by Crippen LogP contribution is 2.44. The summed E-state index contributed by atoms with van der Waals surface area (Å²) in [5, 5.41) is 2.88. The number of nitrogens with zero attached hydrogens (tertiary/aromatic N) is 2. The largest absolute Gasteiger partial charge is 0.493 e. The molecule has 0 aliphatic heterocycles. The molecule has 0 saturated carbocycles. The number of ether oxygens (including phenoxy) is 3. The van der Waals surface area contributed by atoms with Gasteiger partial charge in [0.1, 0.15) is 5.65 Å². The molecular weight excluding hydrogens is 414 g/mol. The fourth-order valence-electron chi connectivity index (χ4n) is 2.84. The number of carbonyl (C=O) groups excluding carboxylic acids is 1. The summed E-state index contributed by atoms with van der Waals surface area (Å²) < 4.78 is 18.4. The summed E-state index contributed by atoms with van der Waals surface area (Å²) in [5.74, 6) is 0.936. The van der Waals surface area contributed by atoms with Gasteiger partial charge in [-0.25, -0.2) is 4.98 Å². The van der Waals surface area contributed by atoms with Crippen LogP contribution >= 0.6 is 15.9 Å². The first-order chi connectivity index (χ1) is 13.0. The van der Waals surface area contributed by atoms with Crippen LogP contribution in [0.15, 0.2) is 35.1 Å². The number of carbonyl (C=O) groups is 1. The molecule has 0 aliphatic carbocycles. The Morgan fingerprint density at radius 2 is 1.96 bits per heavy atom. The Kier molecular flexibility index (Phi) is 5.55. The number of methoxy groups -OCH3 is 3. The molecule has 3 aromatic rings. The number of hydrogen-bond acceptors (Lipinski definition) is 5. The molecule has 1 amide bonds. The molecule has 2 heterocycles. The zero-order valence-electron chi connectivity index (χ0n) is 15.5. The number of fused-ring (bicyclic) bond motifs is 1. The maximum Gasteiger partial charge on any atom is 0.253 e. The van der Waals surface area contributed by atoms with Crippen molar-refractivity contribution >= 4 is 27.5 Å². The van der Waals surface area contributed by atoms with Gasteiger partial charge in [-0.2, -0.15) is 0 Å². The molecule has 0 spiro atoms. The highest BCUT2D eigenvalue weighted by Gasteiger charge is 2.22. The summed E-state index contributed by atoms with van der Waals surface area (Å²) in [6.45, 7) is 2.29. The molecule has 7 nitrogen and oxygen atoms in total. The van der Waals surface area contributed by atoms with E-state index in [1.165, 1.54) is 21.3 Å². The molecule has 0 aliphatic rings. The Labute approximate surface area is 165 Å². The van der Waals surface area contributed by atoms with Crippen LogP contribution in [-0.4, -0.2) is 36.6 Å². The quantitative estimate of drug-likeness (QED) is 0.644. The maximum atomic E-state index is 12.7. The smallest absolute Gasteiger partial charge is 0.253 e. The summed E-state index contributed by atoms with van der Waals surface area (Å²) in [4.78, 5) is 17.3. The second kappa shape index (κ2) is 7.87. The molecule has 3 rings (SSSR count). The number of rotatable bonds is 6. The van der Waals surface area contributed by atoms with Crippen molar-refractivity contribution < 1.29 is 19.0 Å². The third kappa shape index (κ3) is 3.57. The van der Waals surface area contributed by atoms with Gasteiger partial charge >= 0.3 is 0 Å². The van der Waals surface area contributed by atoms with E-state index < -0.39 is 0 Å². The number of halogens is 1. The van der Waals surface area contributed by atoms with Crippen LogP contribution in [0.5, 0.6) is 17.2 Å². The van der Waals surface area contributed by atoms with Crippen molar-refractivity contribution in [1.29, 1.82) is 0 Å². The molecule has 0 bridgehead atoms. The summed E-state index contributed by atoms with van der Waals surface area (Å²) in [6, 6.07) is 5.56. The SMILES string of the molecule is COc1cc(C(=O)NCc2cn3cccc(C)c3n2)c(Br)c(OC)c1OC. The number of pyridine rings is 1. The van der Waals surface area contributed by atoms with Gasteiger partial charge in [-0.3, -0.25) is 4.79 Å². The topological polar surface area (TPSA) is 74.1 Å². The second-order valence-electron chi connectivity index (χ2n) is 5.84. The molecule has 8 heteroatoms. The highest BCUT2D eigenvalue weighted by atomic mass is 79.9. The normalized spacial score (nSPS) is 10.7. The molecule has 1 N–H and O–H groups in total. The van der Waals surface area contributed by atoms with Crippen molar-refractivity contribution in [1.82, 2.24) is 14.7 Å². The Morgan fingerprint density at radius 3 is 2.59 bits per heavy atom. The van der Waals surface area contributed by atoms with Crippen LogP contribution in [0.2, 0.25) is 0 Å². The van der Waals surface area contributed by atoms with E-state index in [1.807, 2.05) is 35.9 Å². The highest BCUT2D eigenvalue weighted by molar-refractivity contribution is 9.10. The predicted octanol–water partition coefficient (Wildman–Crippen LogP) is 3.36. The van der Waals surface area contributed by atoms with Crippen LogP contribution in [0.1, 0.15) is 21.6 Å². The van der Waals surface area contributed by atoms with Gasteiger partial charge in [0, 0.05) is 12.4 Å². The third-order valence-electron chi connectivity index (χ3n) is 4.17. The summed E-state index contributed by atoms with van der Waals surface area (Å²) >= 11 is 3.42. The predicted molar refractivity (Wildman–Crippen MR) is 105 cm³/mol. The van der Waals surface area contributed by atoms with E-state index >= 15 is 0 Å². The number of imidazole rings is 1. The summed E-state index contributed by atoms with van der Waals surface area (Å²) in [6.07, 6.45) is 3.82. The summed E-state index contributed by atoms with van der Waals surface area (Å²) in [5.41, 5.74) is 3.09. The van der Waals surface area contributed by atoms with E-state index in [9.17, 15) is 4.79 Å². The first-order valence-corrected chi connectivity index (χ1v) is 8.99. The molecule has 0 radical (unpaired) electrons. The van der Waals surface area contributed by atoms with Crippen molar-refractivity contribution in [3.05, 3.63) is 51.9 Å². The Bertz CT molecular complexity index is 1000. The zero-order chi connectivity index (χ0) is 19.6. The number of benzene rings is 1. The Hall–Kier alpha value is -2.74. The van der Waals surface area contributed by atoms with E-state index in [2.05, 4.69) is 26.2 Å². The molecule has 0 unspecified atom stereocenters. The van der Waals surface area contributed by atoms with Crippen molar-refractivity contribution in [3.8, 4) is 17.2 Å². The monoisotopic (exact) mass is 433 g/mol. The van der Waals surface area contributed by atoms with Crippen LogP contribution in [0.4, 0.5) is 0 Å². The molecule has 27 heavy (non-hydrogen) atoms. The zero-order valence-corrected chi connectivity index (χ0v) is 17.1. The second-order valence-corrected chi connectivity index (χ2v) is 6.64. The molecule has 2 aromatic heterocycles. The van der Waals surface area contributed by atoms with Crippen LogP contribution in [0, 0.1) is 6.92 Å². The fourth-order valence-corrected chi connectivity index (χ4v) is 3.48. The average Bonchev–Trinajstić information content (AvgIpc) is 3.10. The van der Waals surface area contributed by atoms with Crippen molar-refractivity contribution in [2.45, 2.75) is 13.5 Å². The minimum absolute atomic E-state index is 0.282. The first kappa shape index (κ1) is 19.0. The standard InChI is InChI=1S/C19H20BrN3O4/c1-11-6-5-7-23-10-12(22-18(11)23)9-21-19(24)13-8-14(25-2)16(26-3)17(27-4)15(13)20/h5-8,10H,9H2,1-4H3,(H,21,24). The van der Waals surface area contributed by atoms with Gasteiger partial charge in [-0.1, -0.05) is 6.07 Å². The lowest BCUT2D eigenvalue weighted by Crippen LogP contribution is -2.23. The molecular formula is C19H20BrN3O4. The van der Waals surface area contributed by atoms with Crippen LogP contribution < -0.4 is 19.5 Å². The minimum Gasteiger partial charge on any atom is -0.493 e. The van der Waals surface area contributed by atoms with E-state index in [4.69, 9.17) is 14.2 Å². The third-order valence-corrected chi connectivity index (χ3v) is 4.96. The Morgan fingerprint density at radius 1 is 1.22 bits per heavy atom. The van der Waals surface area contributed by atoms with Crippen molar-refractivity contribution in [2.75, 3.05) is 21.3 Å². The van der Waals surface area contributed by atoms with E-state index in [0.29, 0.717) is 33.8 Å². The molecule has 1 aromatic carbocycles. The maximum absolute atomic E-state index is 12.7. The van der Waals surface area contributed by atoms with E-state index in [0.717, 1.165) is 16.9 Å². The number of amides is 1. The van der Waals surface area contributed by atoms with Gasteiger partial charge in [0.15, 0.2) is 11.5 Å².